The van der Waals surface area contributed by atoms with Crippen molar-refractivity contribution in [2.75, 3.05) is 38.6 Å². The largest absolute Gasteiger partial charge is 0.495 e. The predicted molar refractivity (Wildman–Crippen MR) is 74.0 cm³/mol. The quantitative estimate of drug-likeness (QED) is 0.803. The second-order valence-electron chi connectivity index (χ2n) is 3.95. The monoisotopic (exact) mass is 247 g/mol. The van der Waals surface area contributed by atoms with E-state index >= 15 is 0 Å². The van der Waals surface area contributed by atoms with E-state index in [0.717, 1.165) is 31.9 Å². The van der Waals surface area contributed by atoms with Crippen molar-refractivity contribution in [3.8, 4) is 11.8 Å². The smallest absolute Gasteiger partial charge is 0.143 e. The van der Waals surface area contributed by atoms with Crippen LogP contribution in [0.2, 0.25) is 0 Å². The van der Waals surface area contributed by atoms with Crippen LogP contribution in [0.5, 0.6) is 5.75 Å². The molecular formula is C14H21N3O. The summed E-state index contributed by atoms with van der Waals surface area (Å²) in [5.74, 6) is 0.716. The number of methoxy groups -OCH3 is 1. The SMILES string of the molecule is CCN(CC)CCNc1c(C#N)cccc1OC. The summed E-state index contributed by atoms with van der Waals surface area (Å²) in [4.78, 5) is 2.33. The molecule has 98 valence electrons. The Morgan fingerprint density at radius 3 is 2.61 bits per heavy atom. The minimum absolute atomic E-state index is 0.619. The molecule has 18 heavy (non-hydrogen) atoms. The maximum atomic E-state index is 9.08. The Morgan fingerprint density at radius 2 is 2.06 bits per heavy atom. The second-order valence-corrected chi connectivity index (χ2v) is 3.95. The number of benzene rings is 1. The first kappa shape index (κ1) is 14.3. The summed E-state index contributed by atoms with van der Waals surface area (Å²) >= 11 is 0. The molecule has 1 rings (SSSR count). The van der Waals surface area contributed by atoms with Crippen LogP contribution < -0.4 is 10.1 Å². The summed E-state index contributed by atoms with van der Waals surface area (Å²) in [6, 6.07) is 7.66. The maximum absolute atomic E-state index is 9.08. The fourth-order valence-corrected chi connectivity index (χ4v) is 1.86. The van der Waals surface area contributed by atoms with Crippen molar-refractivity contribution in [2.45, 2.75) is 13.8 Å². The Labute approximate surface area is 109 Å². The van der Waals surface area contributed by atoms with Gasteiger partial charge in [0.25, 0.3) is 0 Å². The summed E-state index contributed by atoms with van der Waals surface area (Å²) in [6.45, 7) is 8.12. The highest BCUT2D eigenvalue weighted by atomic mass is 16.5. The second kappa shape index (κ2) is 7.57. The van der Waals surface area contributed by atoms with E-state index in [2.05, 4.69) is 30.1 Å². The van der Waals surface area contributed by atoms with Crippen LogP contribution in [0.15, 0.2) is 18.2 Å². The van der Waals surface area contributed by atoms with Gasteiger partial charge in [-0.15, -0.1) is 0 Å². The van der Waals surface area contributed by atoms with Crippen molar-refractivity contribution in [1.29, 1.82) is 5.26 Å². The molecular weight excluding hydrogens is 226 g/mol. The molecule has 0 aromatic heterocycles. The topological polar surface area (TPSA) is 48.3 Å². The van der Waals surface area contributed by atoms with Gasteiger partial charge in [0.05, 0.1) is 18.4 Å². The number of nitriles is 1. The molecule has 0 radical (unpaired) electrons. The number of hydrogen-bond acceptors (Lipinski definition) is 4. The number of ether oxygens (including phenoxy) is 1. The molecule has 0 aliphatic carbocycles. The van der Waals surface area contributed by atoms with Crippen LogP contribution in [0.3, 0.4) is 0 Å². The first-order chi connectivity index (χ1) is 8.76. The lowest BCUT2D eigenvalue weighted by atomic mass is 10.2. The molecule has 0 saturated carbocycles. The van der Waals surface area contributed by atoms with Gasteiger partial charge in [-0.1, -0.05) is 19.9 Å². The first-order valence-corrected chi connectivity index (χ1v) is 6.30. The Morgan fingerprint density at radius 1 is 1.33 bits per heavy atom. The van der Waals surface area contributed by atoms with Gasteiger partial charge in [0.2, 0.25) is 0 Å². The fraction of sp³-hybridized carbons (Fsp3) is 0.500. The predicted octanol–water partition coefficient (Wildman–Crippen LogP) is 2.32. The lowest BCUT2D eigenvalue weighted by molar-refractivity contribution is 0.316. The molecule has 4 nitrogen and oxygen atoms in total. The maximum Gasteiger partial charge on any atom is 0.143 e. The van der Waals surface area contributed by atoms with Gasteiger partial charge in [0.1, 0.15) is 11.8 Å². The van der Waals surface area contributed by atoms with Gasteiger partial charge in [-0.25, -0.2) is 0 Å². The van der Waals surface area contributed by atoms with Crippen LogP contribution in [0.25, 0.3) is 0 Å². The number of anilines is 1. The van der Waals surface area contributed by atoms with Gasteiger partial charge in [-0.3, -0.25) is 0 Å². The van der Waals surface area contributed by atoms with Crippen molar-refractivity contribution in [3.05, 3.63) is 23.8 Å². The molecule has 0 unspecified atom stereocenters. The van der Waals surface area contributed by atoms with Gasteiger partial charge < -0.3 is 15.0 Å². The van der Waals surface area contributed by atoms with Gasteiger partial charge in [-0.05, 0) is 25.2 Å². The van der Waals surface area contributed by atoms with E-state index in [1.807, 2.05) is 12.1 Å². The average molecular weight is 247 g/mol. The Hall–Kier alpha value is -1.73. The van der Waals surface area contributed by atoms with E-state index in [-0.39, 0.29) is 0 Å². The molecule has 1 aromatic rings. The lowest BCUT2D eigenvalue weighted by Gasteiger charge is -2.19. The number of nitrogens with one attached hydrogen (secondary N) is 1. The molecule has 0 saturated heterocycles. The molecule has 4 heteroatoms. The Balaban J connectivity index is 2.69. The van der Waals surface area contributed by atoms with Crippen molar-refractivity contribution >= 4 is 5.69 Å². The minimum Gasteiger partial charge on any atom is -0.495 e. The van der Waals surface area contributed by atoms with E-state index in [9.17, 15) is 0 Å². The van der Waals surface area contributed by atoms with Crippen molar-refractivity contribution < 1.29 is 4.74 Å². The molecule has 0 fully saturated rings. The molecule has 1 aromatic carbocycles. The van der Waals surface area contributed by atoms with Crippen molar-refractivity contribution in [2.24, 2.45) is 0 Å². The third-order valence-corrected chi connectivity index (χ3v) is 2.99. The molecule has 0 heterocycles. The summed E-state index contributed by atoms with van der Waals surface area (Å²) in [5, 5.41) is 12.4. The Bertz CT molecular complexity index is 408. The average Bonchev–Trinajstić information content (AvgIpc) is 2.43. The third kappa shape index (κ3) is 3.64. The van der Waals surface area contributed by atoms with E-state index in [4.69, 9.17) is 10.00 Å². The van der Waals surface area contributed by atoms with E-state index in [0.29, 0.717) is 11.3 Å². The summed E-state index contributed by atoms with van der Waals surface area (Å²) in [7, 11) is 1.62. The normalized spacial score (nSPS) is 10.2. The molecule has 0 amide bonds. The molecule has 1 N–H and O–H groups in total. The molecule has 0 atom stereocenters. The zero-order valence-corrected chi connectivity index (χ0v) is 11.4. The zero-order chi connectivity index (χ0) is 13.4. The van der Waals surface area contributed by atoms with Crippen LogP contribution in [0.4, 0.5) is 5.69 Å². The van der Waals surface area contributed by atoms with Crippen LogP contribution in [0, 0.1) is 11.3 Å². The zero-order valence-electron chi connectivity index (χ0n) is 11.4. The molecule has 0 spiro atoms. The number of hydrogen-bond donors (Lipinski definition) is 1. The molecule has 0 aliphatic rings. The first-order valence-electron chi connectivity index (χ1n) is 6.30. The number of rotatable bonds is 7. The van der Waals surface area contributed by atoms with Crippen molar-refractivity contribution in [1.82, 2.24) is 4.90 Å². The molecule has 0 bridgehead atoms. The number of para-hydroxylation sites is 1. The highest BCUT2D eigenvalue weighted by molar-refractivity contribution is 5.66. The summed E-state index contributed by atoms with van der Waals surface area (Å²) in [6.07, 6.45) is 0. The van der Waals surface area contributed by atoms with Crippen molar-refractivity contribution in [3.63, 3.8) is 0 Å². The van der Waals surface area contributed by atoms with Gasteiger partial charge in [-0.2, -0.15) is 5.26 Å². The lowest BCUT2D eigenvalue weighted by Crippen LogP contribution is -2.28. The highest BCUT2D eigenvalue weighted by Gasteiger charge is 2.08. The van der Waals surface area contributed by atoms with E-state index in [1.54, 1.807) is 13.2 Å². The van der Waals surface area contributed by atoms with Crippen LogP contribution in [-0.2, 0) is 0 Å². The number of nitrogens with zero attached hydrogens (tertiary/aromatic N) is 2. The van der Waals surface area contributed by atoms with Crippen LogP contribution in [-0.4, -0.2) is 38.2 Å². The van der Waals surface area contributed by atoms with Gasteiger partial charge in [0, 0.05) is 13.1 Å². The minimum atomic E-state index is 0.619. The highest BCUT2D eigenvalue weighted by Crippen LogP contribution is 2.27. The molecule has 0 aliphatic heterocycles. The standard InChI is InChI=1S/C14H21N3O/c1-4-17(5-2)10-9-16-14-12(11-15)7-6-8-13(14)18-3/h6-8,16H,4-5,9-10H2,1-3H3. The van der Waals surface area contributed by atoms with E-state index < -0.39 is 0 Å². The Kier molecular flexibility index (Phi) is 6.03. The van der Waals surface area contributed by atoms with Crippen LogP contribution in [0.1, 0.15) is 19.4 Å². The van der Waals surface area contributed by atoms with Crippen LogP contribution >= 0.6 is 0 Å². The van der Waals surface area contributed by atoms with Gasteiger partial charge >= 0.3 is 0 Å². The van der Waals surface area contributed by atoms with Gasteiger partial charge in [0.15, 0.2) is 0 Å². The summed E-state index contributed by atoms with van der Waals surface area (Å²) in [5.41, 5.74) is 1.41. The summed E-state index contributed by atoms with van der Waals surface area (Å²) < 4.78 is 5.27. The number of likely N-dealkylation sites (N-methyl/N-ethyl adjacent to an activating group) is 1. The fourth-order valence-electron chi connectivity index (χ4n) is 1.86. The third-order valence-electron chi connectivity index (χ3n) is 2.99. The van der Waals surface area contributed by atoms with E-state index in [1.165, 1.54) is 0 Å².